The second-order valence-electron chi connectivity index (χ2n) is 4.95. The summed E-state index contributed by atoms with van der Waals surface area (Å²) in [5, 5.41) is 5.80. The first kappa shape index (κ1) is 14.3. The van der Waals surface area contributed by atoms with E-state index in [-0.39, 0.29) is 0 Å². The molecule has 0 aliphatic rings. The van der Waals surface area contributed by atoms with E-state index in [9.17, 15) is 0 Å². The van der Waals surface area contributed by atoms with Gasteiger partial charge in [0.25, 0.3) is 0 Å². The molecule has 1 nitrogen and oxygen atoms in total. The molecule has 0 saturated carbocycles. The Morgan fingerprint density at radius 2 is 2.05 bits per heavy atom. The number of benzene rings is 1. The highest BCUT2D eigenvalue weighted by Gasteiger charge is 2.05. The van der Waals surface area contributed by atoms with Crippen LogP contribution in [0.15, 0.2) is 41.8 Å². The molecule has 1 heterocycles. The van der Waals surface area contributed by atoms with E-state index in [1.54, 1.807) is 11.3 Å². The molecule has 2 heteroatoms. The van der Waals surface area contributed by atoms with Crippen LogP contribution in [0.1, 0.15) is 38.7 Å². The Bertz CT molecular complexity index is 476. The summed E-state index contributed by atoms with van der Waals surface area (Å²) in [6.45, 7) is 5.48. The average molecular weight is 273 g/mol. The molecule has 19 heavy (non-hydrogen) atoms. The van der Waals surface area contributed by atoms with Crippen molar-refractivity contribution in [2.75, 3.05) is 0 Å². The van der Waals surface area contributed by atoms with Gasteiger partial charge >= 0.3 is 0 Å². The van der Waals surface area contributed by atoms with E-state index in [4.69, 9.17) is 0 Å². The molecule has 2 aromatic rings. The maximum atomic E-state index is 3.66. The van der Waals surface area contributed by atoms with Crippen molar-refractivity contribution in [2.45, 2.75) is 45.7 Å². The lowest BCUT2D eigenvalue weighted by Gasteiger charge is -2.16. The van der Waals surface area contributed by atoms with E-state index < -0.39 is 0 Å². The van der Waals surface area contributed by atoms with Crippen molar-refractivity contribution in [2.24, 2.45) is 0 Å². The van der Waals surface area contributed by atoms with E-state index in [0.717, 1.165) is 6.54 Å². The van der Waals surface area contributed by atoms with Gasteiger partial charge in [-0.2, -0.15) is 0 Å². The predicted octanol–water partition coefficient (Wildman–Crippen LogP) is 5.08. The van der Waals surface area contributed by atoms with Crippen molar-refractivity contribution in [3.8, 4) is 10.4 Å². The molecule has 0 spiro atoms. The largest absolute Gasteiger partial charge is 0.310 e. The first-order valence-electron chi connectivity index (χ1n) is 7.19. The fourth-order valence-electron chi connectivity index (χ4n) is 2.34. The van der Waals surface area contributed by atoms with Gasteiger partial charge in [-0.3, -0.25) is 0 Å². The number of nitrogens with one attached hydrogen (secondary N) is 1. The summed E-state index contributed by atoms with van der Waals surface area (Å²) >= 11 is 1.80. The van der Waals surface area contributed by atoms with Gasteiger partial charge in [0.1, 0.15) is 0 Å². The number of hydrogen-bond acceptors (Lipinski definition) is 2. The Labute approximate surface area is 120 Å². The van der Waals surface area contributed by atoms with Crippen molar-refractivity contribution < 1.29 is 0 Å². The molecule has 0 radical (unpaired) electrons. The van der Waals surface area contributed by atoms with Crippen LogP contribution in [-0.2, 0) is 6.54 Å². The smallest absolute Gasteiger partial charge is 0.0342 e. The molecule has 0 saturated heterocycles. The van der Waals surface area contributed by atoms with Crippen LogP contribution in [0, 0.1) is 0 Å². The fraction of sp³-hybridized carbons (Fsp3) is 0.412. The molecule has 0 amide bonds. The summed E-state index contributed by atoms with van der Waals surface area (Å²) < 4.78 is 0. The normalized spacial score (nSPS) is 12.5. The lowest BCUT2D eigenvalue weighted by molar-refractivity contribution is 0.462. The molecule has 1 N–H and O–H groups in total. The summed E-state index contributed by atoms with van der Waals surface area (Å²) in [5.41, 5.74) is 2.71. The molecule has 0 fully saturated rings. The Morgan fingerprint density at radius 1 is 1.16 bits per heavy atom. The van der Waals surface area contributed by atoms with Gasteiger partial charge in [-0.05, 0) is 41.5 Å². The summed E-state index contributed by atoms with van der Waals surface area (Å²) in [4.78, 5) is 1.35. The van der Waals surface area contributed by atoms with E-state index in [2.05, 4.69) is 60.9 Å². The minimum absolute atomic E-state index is 0.649. The first-order chi connectivity index (χ1) is 9.33. The Morgan fingerprint density at radius 3 is 2.74 bits per heavy atom. The van der Waals surface area contributed by atoms with Crippen LogP contribution in [0.3, 0.4) is 0 Å². The summed E-state index contributed by atoms with van der Waals surface area (Å²) in [5.74, 6) is 0. The van der Waals surface area contributed by atoms with Gasteiger partial charge in [0.05, 0.1) is 0 Å². The lowest BCUT2D eigenvalue weighted by atomic mass is 10.1. The molecule has 1 unspecified atom stereocenters. The van der Waals surface area contributed by atoms with Crippen molar-refractivity contribution in [1.82, 2.24) is 5.32 Å². The topological polar surface area (TPSA) is 12.0 Å². The van der Waals surface area contributed by atoms with E-state index in [0.29, 0.717) is 6.04 Å². The Hall–Kier alpha value is -1.12. The van der Waals surface area contributed by atoms with Crippen molar-refractivity contribution in [3.05, 3.63) is 47.3 Å². The quantitative estimate of drug-likeness (QED) is 0.741. The van der Waals surface area contributed by atoms with Crippen LogP contribution in [-0.4, -0.2) is 6.04 Å². The van der Waals surface area contributed by atoms with Crippen LogP contribution in [0.2, 0.25) is 0 Å². The van der Waals surface area contributed by atoms with Gasteiger partial charge in [0.15, 0.2) is 0 Å². The second-order valence-corrected chi connectivity index (χ2v) is 5.90. The highest BCUT2D eigenvalue weighted by molar-refractivity contribution is 7.13. The van der Waals surface area contributed by atoms with Crippen LogP contribution < -0.4 is 5.32 Å². The molecule has 1 aromatic carbocycles. The molecule has 2 rings (SSSR count). The van der Waals surface area contributed by atoms with Crippen molar-refractivity contribution in [3.63, 3.8) is 0 Å². The summed E-state index contributed by atoms with van der Waals surface area (Å²) in [6.07, 6.45) is 3.72. The number of hydrogen-bond donors (Lipinski definition) is 1. The minimum Gasteiger partial charge on any atom is -0.310 e. The Kier molecular flexibility index (Phi) is 5.62. The van der Waals surface area contributed by atoms with Crippen LogP contribution in [0.25, 0.3) is 10.4 Å². The molecule has 0 aliphatic heterocycles. The van der Waals surface area contributed by atoms with Gasteiger partial charge in [-0.25, -0.2) is 0 Å². The zero-order chi connectivity index (χ0) is 13.5. The van der Waals surface area contributed by atoms with Crippen LogP contribution in [0.4, 0.5) is 0 Å². The molecule has 0 bridgehead atoms. The number of rotatable bonds is 7. The van der Waals surface area contributed by atoms with Crippen LogP contribution >= 0.6 is 11.3 Å². The average Bonchev–Trinajstić information content (AvgIpc) is 2.98. The van der Waals surface area contributed by atoms with Gasteiger partial charge in [-0.15, -0.1) is 11.3 Å². The molecule has 1 atom stereocenters. The van der Waals surface area contributed by atoms with Gasteiger partial charge in [0.2, 0.25) is 0 Å². The third-order valence-electron chi connectivity index (χ3n) is 3.46. The molecular weight excluding hydrogens is 250 g/mol. The summed E-state index contributed by atoms with van der Waals surface area (Å²) in [7, 11) is 0. The second kappa shape index (κ2) is 7.46. The number of thiophene rings is 1. The maximum Gasteiger partial charge on any atom is 0.0342 e. The van der Waals surface area contributed by atoms with E-state index in [1.165, 1.54) is 35.3 Å². The van der Waals surface area contributed by atoms with Crippen molar-refractivity contribution in [1.29, 1.82) is 0 Å². The minimum atomic E-state index is 0.649. The predicted molar refractivity (Wildman–Crippen MR) is 85.6 cm³/mol. The Balaban J connectivity index is 1.99. The lowest BCUT2D eigenvalue weighted by Crippen LogP contribution is -2.27. The summed E-state index contributed by atoms with van der Waals surface area (Å²) in [6, 6.07) is 13.8. The standard InChI is InChI=1S/C17H23NS/c1-3-7-16(4-2)18-13-14-8-5-9-15(12-14)17-10-6-11-19-17/h5-6,8-12,16,18H,3-4,7,13H2,1-2H3. The highest BCUT2D eigenvalue weighted by atomic mass is 32.1. The van der Waals surface area contributed by atoms with Gasteiger partial charge < -0.3 is 5.32 Å². The monoisotopic (exact) mass is 273 g/mol. The SMILES string of the molecule is CCCC(CC)NCc1cccc(-c2cccs2)c1. The van der Waals surface area contributed by atoms with E-state index in [1.807, 2.05) is 0 Å². The zero-order valence-corrected chi connectivity index (χ0v) is 12.7. The first-order valence-corrected chi connectivity index (χ1v) is 8.07. The third kappa shape index (κ3) is 4.19. The molecule has 0 aliphatic carbocycles. The zero-order valence-electron chi connectivity index (χ0n) is 11.9. The molecule has 102 valence electrons. The maximum absolute atomic E-state index is 3.66. The van der Waals surface area contributed by atoms with E-state index >= 15 is 0 Å². The van der Waals surface area contributed by atoms with Crippen LogP contribution in [0.5, 0.6) is 0 Å². The van der Waals surface area contributed by atoms with Crippen molar-refractivity contribution >= 4 is 11.3 Å². The fourth-order valence-corrected chi connectivity index (χ4v) is 3.06. The highest BCUT2D eigenvalue weighted by Crippen LogP contribution is 2.25. The molecule has 1 aromatic heterocycles. The van der Waals surface area contributed by atoms with Gasteiger partial charge in [0, 0.05) is 17.5 Å². The third-order valence-corrected chi connectivity index (χ3v) is 4.38. The van der Waals surface area contributed by atoms with Gasteiger partial charge in [-0.1, -0.05) is 44.5 Å². The molecular formula is C17H23NS.